The van der Waals surface area contributed by atoms with E-state index in [2.05, 4.69) is 4.98 Å². The van der Waals surface area contributed by atoms with Gasteiger partial charge < -0.3 is 9.32 Å². The van der Waals surface area contributed by atoms with Gasteiger partial charge in [-0.05, 0) is 55.0 Å². The van der Waals surface area contributed by atoms with Gasteiger partial charge in [0.15, 0.2) is 0 Å². The summed E-state index contributed by atoms with van der Waals surface area (Å²) >= 11 is 0. The lowest BCUT2D eigenvalue weighted by Gasteiger charge is -2.21. The highest BCUT2D eigenvalue weighted by Gasteiger charge is 2.36. The van der Waals surface area contributed by atoms with Crippen molar-refractivity contribution in [1.82, 2.24) is 14.8 Å². The smallest absolute Gasteiger partial charge is 0.261 e. The Kier molecular flexibility index (Phi) is 4.95. The van der Waals surface area contributed by atoms with Crippen molar-refractivity contribution in [2.24, 2.45) is 0 Å². The lowest BCUT2D eigenvalue weighted by Crippen LogP contribution is -2.30. The summed E-state index contributed by atoms with van der Waals surface area (Å²) in [7, 11) is 0. The van der Waals surface area contributed by atoms with Crippen LogP contribution in [0.1, 0.15) is 49.3 Å². The van der Waals surface area contributed by atoms with E-state index in [9.17, 15) is 14.4 Å². The molecule has 29 heavy (non-hydrogen) atoms. The van der Waals surface area contributed by atoms with Gasteiger partial charge in [-0.25, -0.2) is 0 Å². The van der Waals surface area contributed by atoms with Crippen LogP contribution in [-0.2, 0) is 13.1 Å². The molecule has 0 saturated carbocycles. The van der Waals surface area contributed by atoms with Gasteiger partial charge in [0.25, 0.3) is 17.7 Å². The first-order chi connectivity index (χ1) is 14.1. The fraction of sp³-hybridized carbons (Fsp3) is 0.182. The molecule has 146 valence electrons. The van der Waals surface area contributed by atoms with Crippen LogP contribution in [0.2, 0.25) is 0 Å². The van der Waals surface area contributed by atoms with E-state index < -0.39 is 5.91 Å². The number of furan rings is 1. The first-order valence-corrected chi connectivity index (χ1v) is 9.29. The molecule has 3 aromatic rings. The second-order valence-corrected chi connectivity index (χ2v) is 6.71. The summed E-state index contributed by atoms with van der Waals surface area (Å²) in [5.74, 6) is -0.486. The summed E-state index contributed by atoms with van der Waals surface area (Å²) in [6, 6.07) is 11.8. The van der Waals surface area contributed by atoms with E-state index >= 15 is 0 Å². The van der Waals surface area contributed by atoms with Crippen molar-refractivity contribution < 1.29 is 18.8 Å². The molecule has 1 aromatic carbocycles. The van der Waals surface area contributed by atoms with Crippen LogP contribution in [0.4, 0.5) is 0 Å². The van der Waals surface area contributed by atoms with Crippen molar-refractivity contribution in [3.63, 3.8) is 0 Å². The van der Waals surface area contributed by atoms with Crippen molar-refractivity contribution in [3.05, 3.63) is 89.1 Å². The van der Waals surface area contributed by atoms with Crippen LogP contribution in [0.3, 0.4) is 0 Å². The minimum atomic E-state index is -0.423. The zero-order valence-electron chi connectivity index (χ0n) is 15.9. The van der Waals surface area contributed by atoms with Crippen LogP contribution in [0.15, 0.2) is 65.5 Å². The molecule has 0 atom stereocenters. The quantitative estimate of drug-likeness (QED) is 0.605. The molecule has 0 radical (unpaired) electrons. The maximum atomic E-state index is 13.0. The van der Waals surface area contributed by atoms with E-state index in [1.807, 2.05) is 19.1 Å². The van der Waals surface area contributed by atoms with Crippen LogP contribution < -0.4 is 0 Å². The Morgan fingerprint density at radius 3 is 2.52 bits per heavy atom. The molecule has 0 spiro atoms. The molecule has 1 aliphatic heterocycles. The van der Waals surface area contributed by atoms with Crippen molar-refractivity contribution in [3.8, 4) is 0 Å². The summed E-state index contributed by atoms with van der Waals surface area (Å²) < 4.78 is 5.24. The number of nitrogens with zero attached hydrogens (tertiary/aromatic N) is 3. The van der Waals surface area contributed by atoms with Gasteiger partial charge in [0, 0.05) is 31.0 Å². The molecular formula is C22H19N3O4. The fourth-order valence-electron chi connectivity index (χ4n) is 3.34. The molecule has 0 aliphatic carbocycles. The Balaban J connectivity index is 1.57. The summed E-state index contributed by atoms with van der Waals surface area (Å²) in [4.78, 5) is 45.2. The third-order valence-electron chi connectivity index (χ3n) is 4.90. The SMILES string of the molecule is CCN(Cc1ccncc1)C(=O)c1ccc2c(c1)C(=O)N(Cc1ccco1)C2=O. The first-order valence-electron chi connectivity index (χ1n) is 9.29. The molecule has 1 aliphatic rings. The molecule has 0 unspecified atom stereocenters. The molecule has 7 nitrogen and oxygen atoms in total. The van der Waals surface area contributed by atoms with Gasteiger partial charge >= 0.3 is 0 Å². The molecule has 3 amide bonds. The van der Waals surface area contributed by atoms with Crippen LogP contribution >= 0.6 is 0 Å². The lowest BCUT2D eigenvalue weighted by molar-refractivity contribution is 0.0631. The average molecular weight is 389 g/mol. The molecule has 0 N–H and O–H groups in total. The Hall–Kier alpha value is -3.74. The third-order valence-corrected chi connectivity index (χ3v) is 4.90. The Labute approximate surface area is 167 Å². The standard InChI is InChI=1S/C22H19N3O4/c1-2-24(13-15-7-9-23-10-8-15)20(26)16-5-6-18-19(12-16)22(28)25(21(18)27)14-17-4-3-11-29-17/h3-12H,2,13-14H2,1H3. The maximum Gasteiger partial charge on any atom is 0.261 e. The minimum Gasteiger partial charge on any atom is -0.467 e. The van der Waals surface area contributed by atoms with Crippen molar-refractivity contribution >= 4 is 17.7 Å². The lowest BCUT2D eigenvalue weighted by atomic mass is 10.0. The van der Waals surface area contributed by atoms with Crippen molar-refractivity contribution in [2.75, 3.05) is 6.54 Å². The van der Waals surface area contributed by atoms with Crippen molar-refractivity contribution in [1.29, 1.82) is 0 Å². The number of rotatable bonds is 6. The Morgan fingerprint density at radius 1 is 1.07 bits per heavy atom. The zero-order chi connectivity index (χ0) is 20.4. The van der Waals surface area contributed by atoms with Gasteiger partial charge in [-0.2, -0.15) is 0 Å². The first kappa shape index (κ1) is 18.6. The Bertz CT molecular complexity index is 1060. The number of hydrogen-bond donors (Lipinski definition) is 0. The number of amides is 3. The van der Waals surface area contributed by atoms with E-state index in [1.165, 1.54) is 12.3 Å². The van der Waals surface area contributed by atoms with Crippen LogP contribution in [0.25, 0.3) is 0 Å². The largest absolute Gasteiger partial charge is 0.467 e. The number of carbonyl (C=O) groups is 3. The molecule has 3 heterocycles. The van der Waals surface area contributed by atoms with E-state index in [0.717, 1.165) is 10.5 Å². The average Bonchev–Trinajstić information content (AvgIpc) is 3.35. The van der Waals surface area contributed by atoms with Crippen LogP contribution in [0, 0.1) is 0 Å². The highest BCUT2D eigenvalue weighted by atomic mass is 16.3. The second kappa shape index (κ2) is 7.71. The van der Waals surface area contributed by atoms with Gasteiger partial charge in [0.2, 0.25) is 0 Å². The van der Waals surface area contributed by atoms with E-state index in [0.29, 0.717) is 30.0 Å². The highest BCUT2D eigenvalue weighted by Crippen LogP contribution is 2.26. The van der Waals surface area contributed by atoms with E-state index in [-0.39, 0.29) is 23.9 Å². The van der Waals surface area contributed by atoms with Crippen LogP contribution in [-0.4, -0.2) is 39.1 Å². The normalized spacial score (nSPS) is 12.9. The molecule has 4 rings (SSSR count). The van der Waals surface area contributed by atoms with Gasteiger partial charge in [-0.15, -0.1) is 0 Å². The third kappa shape index (κ3) is 3.54. The number of pyridine rings is 1. The Morgan fingerprint density at radius 2 is 1.83 bits per heavy atom. The summed E-state index contributed by atoms with van der Waals surface area (Å²) in [6.45, 7) is 2.90. The van der Waals surface area contributed by atoms with E-state index in [4.69, 9.17) is 4.42 Å². The van der Waals surface area contributed by atoms with Gasteiger partial charge in [0.05, 0.1) is 23.9 Å². The van der Waals surface area contributed by atoms with Gasteiger partial charge in [-0.3, -0.25) is 24.3 Å². The number of imide groups is 1. The highest BCUT2D eigenvalue weighted by molar-refractivity contribution is 6.22. The number of benzene rings is 1. The zero-order valence-corrected chi connectivity index (χ0v) is 15.9. The monoisotopic (exact) mass is 389 g/mol. The predicted molar refractivity (Wildman–Crippen MR) is 104 cm³/mol. The molecule has 0 fully saturated rings. The number of hydrogen-bond acceptors (Lipinski definition) is 5. The topological polar surface area (TPSA) is 83.7 Å². The fourth-order valence-corrected chi connectivity index (χ4v) is 3.34. The van der Waals surface area contributed by atoms with Gasteiger partial charge in [-0.1, -0.05) is 0 Å². The number of aromatic nitrogens is 1. The maximum absolute atomic E-state index is 13.0. The van der Waals surface area contributed by atoms with E-state index in [1.54, 1.807) is 41.6 Å². The van der Waals surface area contributed by atoms with Gasteiger partial charge in [0.1, 0.15) is 5.76 Å². The number of fused-ring (bicyclic) bond motifs is 1. The molecule has 0 saturated heterocycles. The summed E-state index contributed by atoms with van der Waals surface area (Å²) in [5.41, 5.74) is 1.88. The molecule has 7 heteroatoms. The molecule has 2 aromatic heterocycles. The summed E-state index contributed by atoms with van der Waals surface area (Å²) in [5, 5.41) is 0. The molecule has 0 bridgehead atoms. The second-order valence-electron chi connectivity index (χ2n) is 6.71. The number of carbonyl (C=O) groups excluding carboxylic acids is 3. The molecular weight excluding hydrogens is 370 g/mol. The summed E-state index contributed by atoms with van der Waals surface area (Å²) in [6.07, 6.45) is 4.86. The predicted octanol–water partition coefficient (Wildman–Crippen LogP) is 3.13. The van der Waals surface area contributed by atoms with Crippen molar-refractivity contribution in [2.45, 2.75) is 20.0 Å². The van der Waals surface area contributed by atoms with Crippen LogP contribution in [0.5, 0.6) is 0 Å². The minimum absolute atomic E-state index is 0.0613.